The monoisotopic (exact) mass is 842 g/mol. The van der Waals surface area contributed by atoms with Crippen LogP contribution in [0.3, 0.4) is 0 Å². The standard InChI is InChI=1S/C40H26BrClF6N2O5/c41-22-9-12-31(51)29(16-22)33-26-10-11-27-32(36(54)49(34(27)52)25-14-20(39(43,44)45)13-21(15-25)40(46,47)48)28(26)18-30-35(53)50(24-8-4-7-23(42)17-24)37(55)38(30,33)19-5-2-1-3-6-19/h1-10,12-17,27-28,30,32-33,51H,11,18H2. The van der Waals surface area contributed by atoms with Crippen LogP contribution in [-0.2, 0) is 36.9 Å². The summed E-state index contributed by atoms with van der Waals surface area (Å²) in [6.45, 7) is 0. The van der Waals surface area contributed by atoms with Crippen molar-refractivity contribution < 1.29 is 50.6 Å². The first-order valence-electron chi connectivity index (χ1n) is 17.0. The maximum atomic E-state index is 15.3. The molecular weight excluding hydrogens is 818 g/mol. The molecule has 4 aliphatic rings. The lowest BCUT2D eigenvalue weighted by Crippen LogP contribution is -2.53. The number of hydrogen-bond acceptors (Lipinski definition) is 5. The molecule has 4 aromatic rings. The third-order valence-electron chi connectivity index (χ3n) is 11.3. The number of carbonyl (C=O) groups excluding carboxylic acids is 4. The molecule has 0 radical (unpaired) electrons. The van der Waals surface area contributed by atoms with Gasteiger partial charge in [-0.3, -0.25) is 19.2 Å². The molecule has 1 saturated carbocycles. The number of hydrogen-bond donors (Lipinski definition) is 1. The topological polar surface area (TPSA) is 95.0 Å². The van der Waals surface area contributed by atoms with Gasteiger partial charge in [0.05, 0.1) is 45.7 Å². The van der Waals surface area contributed by atoms with Crippen LogP contribution < -0.4 is 9.80 Å². The van der Waals surface area contributed by atoms with E-state index in [1.165, 1.54) is 18.2 Å². The highest BCUT2D eigenvalue weighted by Crippen LogP contribution is 2.65. The second-order valence-electron chi connectivity index (χ2n) is 14.1. The highest BCUT2D eigenvalue weighted by Gasteiger charge is 2.70. The number of benzene rings is 4. The van der Waals surface area contributed by atoms with Crippen molar-refractivity contribution in [3.8, 4) is 5.75 Å². The van der Waals surface area contributed by atoms with Crippen LogP contribution in [0.4, 0.5) is 37.7 Å². The molecule has 2 aliphatic carbocycles. The Kier molecular flexibility index (Phi) is 8.61. The van der Waals surface area contributed by atoms with E-state index in [2.05, 4.69) is 15.9 Å². The third-order valence-corrected chi connectivity index (χ3v) is 12.0. The van der Waals surface area contributed by atoms with Gasteiger partial charge in [-0.05, 0) is 78.9 Å². The van der Waals surface area contributed by atoms with Gasteiger partial charge in [-0.15, -0.1) is 0 Å². The fourth-order valence-electron chi connectivity index (χ4n) is 9.17. The van der Waals surface area contributed by atoms with Crippen molar-refractivity contribution in [1.29, 1.82) is 0 Å². The molecule has 0 aromatic heterocycles. The second kappa shape index (κ2) is 12.8. The summed E-state index contributed by atoms with van der Waals surface area (Å²) in [5.74, 6) is -9.47. The molecule has 7 nitrogen and oxygen atoms in total. The molecule has 4 aromatic carbocycles. The zero-order valence-corrected chi connectivity index (χ0v) is 30.4. The number of phenolic OH excluding ortho intramolecular Hbond substituents is 1. The molecule has 0 bridgehead atoms. The fraction of sp³-hybridized carbons (Fsp3) is 0.250. The molecule has 6 atom stereocenters. The summed E-state index contributed by atoms with van der Waals surface area (Å²) in [6.07, 6.45) is -9.19. The summed E-state index contributed by atoms with van der Waals surface area (Å²) in [5, 5.41) is 11.7. The number of allylic oxidation sites excluding steroid dienone is 2. The number of rotatable bonds is 4. The van der Waals surface area contributed by atoms with Gasteiger partial charge in [0.15, 0.2) is 0 Å². The van der Waals surface area contributed by atoms with Crippen molar-refractivity contribution in [2.75, 3.05) is 9.80 Å². The zero-order chi connectivity index (χ0) is 39.4. The van der Waals surface area contributed by atoms with Gasteiger partial charge in [0.25, 0.3) is 0 Å². The van der Waals surface area contributed by atoms with Crippen molar-refractivity contribution in [3.05, 3.63) is 134 Å². The first-order valence-corrected chi connectivity index (χ1v) is 18.2. The van der Waals surface area contributed by atoms with Crippen molar-refractivity contribution in [3.63, 3.8) is 0 Å². The van der Waals surface area contributed by atoms with E-state index in [9.17, 15) is 45.8 Å². The number of carbonyl (C=O) groups is 4. The number of halogens is 8. The molecule has 8 rings (SSSR count). The molecule has 6 unspecified atom stereocenters. The Morgan fingerprint density at radius 2 is 1.40 bits per heavy atom. The number of nitrogens with zero attached hydrogens (tertiary/aromatic N) is 2. The van der Waals surface area contributed by atoms with E-state index in [1.54, 1.807) is 60.7 Å². The van der Waals surface area contributed by atoms with Crippen LogP contribution in [0.2, 0.25) is 5.02 Å². The molecule has 2 aliphatic heterocycles. The SMILES string of the molecule is O=C1C2CC=C3C(CC4C(=O)N(c5cccc(Cl)c5)C(=O)C4(c4ccccc4)C3c3cc(Br)ccc3O)C2C(=O)N1c1cc(C(F)(F)F)cc(C(F)(F)F)c1. The summed E-state index contributed by atoms with van der Waals surface area (Å²) >= 11 is 9.76. The number of amides is 4. The van der Waals surface area contributed by atoms with E-state index in [1.807, 2.05) is 0 Å². The van der Waals surface area contributed by atoms with Gasteiger partial charge >= 0.3 is 12.4 Å². The van der Waals surface area contributed by atoms with Gasteiger partial charge < -0.3 is 5.11 Å². The Balaban J connectivity index is 1.33. The minimum Gasteiger partial charge on any atom is -0.508 e. The van der Waals surface area contributed by atoms with Crippen LogP contribution in [0.5, 0.6) is 5.75 Å². The minimum absolute atomic E-state index is 0.0883. The van der Waals surface area contributed by atoms with Crippen molar-refractivity contribution in [2.24, 2.45) is 23.7 Å². The van der Waals surface area contributed by atoms with E-state index in [0.29, 0.717) is 32.6 Å². The number of phenols is 1. The normalized spacial score (nSPS) is 26.5. The number of imide groups is 2. The van der Waals surface area contributed by atoms with Gasteiger partial charge in [-0.2, -0.15) is 26.3 Å². The van der Waals surface area contributed by atoms with Gasteiger partial charge in [0, 0.05) is 21.0 Å². The predicted molar refractivity (Wildman–Crippen MR) is 191 cm³/mol. The van der Waals surface area contributed by atoms with Crippen LogP contribution in [0.1, 0.15) is 41.0 Å². The first kappa shape index (κ1) is 37.0. The van der Waals surface area contributed by atoms with Crippen molar-refractivity contribution in [1.82, 2.24) is 0 Å². The molecule has 15 heteroatoms. The van der Waals surface area contributed by atoms with Crippen LogP contribution in [0.25, 0.3) is 0 Å². The van der Waals surface area contributed by atoms with E-state index in [0.717, 1.165) is 4.90 Å². The van der Waals surface area contributed by atoms with E-state index >= 15 is 4.79 Å². The Labute approximate surface area is 322 Å². The fourth-order valence-corrected chi connectivity index (χ4v) is 9.73. The van der Waals surface area contributed by atoms with Gasteiger partial charge in [0.1, 0.15) is 5.75 Å². The summed E-state index contributed by atoms with van der Waals surface area (Å²) in [7, 11) is 0. The molecule has 2 saturated heterocycles. The lowest BCUT2D eigenvalue weighted by atomic mass is 9.49. The first-order chi connectivity index (χ1) is 25.9. The summed E-state index contributed by atoms with van der Waals surface area (Å²) < 4.78 is 83.8. The Bertz CT molecular complexity index is 2320. The quantitative estimate of drug-likeness (QED) is 0.126. The van der Waals surface area contributed by atoms with Crippen LogP contribution in [-0.4, -0.2) is 28.7 Å². The highest BCUT2D eigenvalue weighted by molar-refractivity contribution is 9.10. The molecule has 1 N–H and O–H groups in total. The molecule has 4 amide bonds. The highest BCUT2D eigenvalue weighted by atomic mass is 79.9. The van der Waals surface area contributed by atoms with E-state index < -0.39 is 87.8 Å². The van der Waals surface area contributed by atoms with Crippen molar-refractivity contribution >= 4 is 62.5 Å². The van der Waals surface area contributed by atoms with Gasteiger partial charge in [0.2, 0.25) is 23.6 Å². The summed E-state index contributed by atoms with van der Waals surface area (Å²) in [5.41, 5.74) is -4.78. The summed E-state index contributed by atoms with van der Waals surface area (Å²) in [6, 6.07) is 19.7. The van der Waals surface area contributed by atoms with E-state index in [-0.39, 0.29) is 40.9 Å². The summed E-state index contributed by atoms with van der Waals surface area (Å²) in [4.78, 5) is 60.0. The van der Waals surface area contributed by atoms with Crippen LogP contribution >= 0.6 is 27.5 Å². The Hall–Kier alpha value is -4.95. The third kappa shape index (κ3) is 5.62. The molecule has 3 fully saturated rings. The van der Waals surface area contributed by atoms with Gasteiger partial charge in [-0.1, -0.05) is 75.6 Å². The van der Waals surface area contributed by atoms with Crippen LogP contribution in [0.15, 0.2) is 107 Å². The Morgan fingerprint density at radius 3 is 2.04 bits per heavy atom. The maximum Gasteiger partial charge on any atom is 0.416 e. The predicted octanol–water partition coefficient (Wildman–Crippen LogP) is 9.21. The number of anilines is 2. The average molecular weight is 844 g/mol. The largest absolute Gasteiger partial charge is 0.508 e. The molecule has 2 heterocycles. The number of fused-ring (bicyclic) bond motifs is 4. The van der Waals surface area contributed by atoms with Gasteiger partial charge in [-0.25, -0.2) is 9.80 Å². The van der Waals surface area contributed by atoms with Crippen LogP contribution in [0, 0.1) is 23.7 Å². The number of aromatic hydroxyl groups is 1. The second-order valence-corrected chi connectivity index (χ2v) is 15.4. The maximum absolute atomic E-state index is 15.3. The lowest BCUT2D eigenvalue weighted by Gasteiger charge is -2.50. The number of alkyl halides is 6. The zero-order valence-electron chi connectivity index (χ0n) is 28.0. The lowest BCUT2D eigenvalue weighted by molar-refractivity contribution is -0.143. The molecule has 0 spiro atoms. The van der Waals surface area contributed by atoms with Crippen molar-refractivity contribution in [2.45, 2.75) is 36.5 Å². The van der Waals surface area contributed by atoms with E-state index in [4.69, 9.17) is 11.6 Å². The Morgan fingerprint density at radius 1 is 0.727 bits per heavy atom. The molecular formula is C40H26BrClF6N2O5. The minimum atomic E-state index is -5.24. The smallest absolute Gasteiger partial charge is 0.416 e. The average Bonchev–Trinajstić information content (AvgIpc) is 3.52. The molecule has 282 valence electrons. The molecule has 55 heavy (non-hydrogen) atoms.